The minimum Gasteiger partial charge on any atom is -0.490 e. The highest BCUT2D eigenvalue weighted by molar-refractivity contribution is 5.92. The van der Waals surface area contributed by atoms with E-state index in [9.17, 15) is 13.2 Å². The monoisotopic (exact) mass is 388 g/mol. The molecule has 1 aromatic rings. The van der Waals surface area contributed by atoms with Gasteiger partial charge in [-0.1, -0.05) is 0 Å². The zero-order chi connectivity index (χ0) is 19.3. The Labute approximate surface area is 155 Å². The summed E-state index contributed by atoms with van der Waals surface area (Å²) in [5.74, 6) is 1.09. The van der Waals surface area contributed by atoms with E-state index in [0.717, 1.165) is 6.42 Å². The quantitative estimate of drug-likeness (QED) is 0.605. The van der Waals surface area contributed by atoms with Gasteiger partial charge >= 0.3 is 6.18 Å². The lowest BCUT2D eigenvalue weighted by Gasteiger charge is -2.34. The third-order valence-corrected chi connectivity index (χ3v) is 4.32. The molecule has 1 unspecified atom stereocenters. The number of rotatable bonds is 4. The molecule has 0 amide bonds. The van der Waals surface area contributed by atoms with Gasteiger partial charge in [0.2, 0.25) is 0 Å². The fraction of sp³-hybridized carbons (Fsp3) is 0.588. The van der Waals surface area contributed by atoms with Gasteiger partial charge in [-0.15, -0.1) is 0 Å². The first-order valence-corrected chi connectivity index (χ1v) is 8.78. The van der Waals surface area contributed by atoms with E-state index in [4.69, 9.17) is 19.9 Å². The number of alkyl halides is 3. The summed E-state index contributed by atoms with van der Waals surface area (Å²) in [4.78, 5) is 5.23. The number of hydrogen-bond donors (Lipinski definition) is 2. The Bertz CT molecular complexity index is 663. The average molecular weight is 388 g/mol. The van der Waals surface area contributed by atoms with E-state index >= 15 is 0 Å². The largest absolute Gasteiger partial charge is 0.490 e. The number of nitrogens with zero attached hydrogens (tertiary/aromatic N) is 2. The van der Waals surface area contributed by atoms with Crippen molar-refractivity contribution in [2.24, 2.45) is 10.7 Å². The molecule has 2 aliphatic rings. The highest BCUT2D eigenvalue weighted by Crippen LogP contribution is 2.32. The topological polar surface area (TPSA) is 81.3 Å². The Balaban J connectivity index is 1.64. The number of guanidine groups is 1. The molecular formula is C17H23F3N4O3. The second-order valence-electron chi connectivity index (χ2n) is 6.27. The van der Waals surface area contributed by atoms with Gasteiger partial charge in [0.25, 0.3) is 0 Å². The Morgan fingerprint density at radius 3 is 2.56 bits per heavy atom. The molecular weight excluding hydrogens is 365 g/mol. The van der Waals surface area contributed by atoms with Crippen LogP contribution in [0.25, 0.3) is 0 Å². The second-order valence-corrected chi connectivity index (χ2v) is 6.27. The van der Waals surface area contributed by atoms with Crippen LogP contribution in [0.5, 0.6) is 11.5 Å². The molecule has 2 aliphatic heterocycles. The molecule has 1 fully saturated rings. The van der Waals surface area contributed by atoms with Gasteiger partial charge in [0, 0.05) is 31.3 Å². The predicted molar refractivity (Wildman–Crippen MR) is 94.4 cm³/mol. The van der Waals surface area contributed by atoms with E-state index < -0.39 is 18.8 Å². The van der Waals surface area contributed by atoms with Crippen molar-refractivity contribution in [3.63, 3.8) is 0 Å². The summed E-state index contributed by atoms with van der Waals surface area (Å²) in [7, 11) is 0. The maximum absolute atomic E-state index is 13.4. The fourth-order valence-electron chi connectivity index (χ4n) is 2.93. The molecule has 0 radical (unpaired) electrons. The Morgan fingerprint density at radius 2 is 1.85 bits per heavy atom. The second kappa shape index (κ2) is 8.66. The van der Waals surface area contributed by atoms with Crippen molar-refractivity contribution in [3.05, 3.63) is 18.2 Å². The molecule has 1 saturated heterocycles. The van der Waals surface area contributed by atoms with Crippen LogP contribution in [0, 0.1) is 0 Å². The predicted octanol–water partition coefficient (Wildman–Crippen LogP) is 1.84. The lowest BCUT2D eigenvalue weighted by atomic mass is 10.2. The molecule has 1 atom stereocenters. The van der Waals surface area contributed by atoms with Crippen LogP contribution in [-0.2, 0) is 4.74 Å². The molecule has 0 aliphatic carbocycles. The van der Waals surface area contributed by atoms with Gasteiger partial charge in [-0.2, -0.15) is 13.2 Å². The van der Waals surface area contributed by atoms with Gasteiger partial charge in [0.05, 0.1) is 33.0 Å². The molecule has 3 N–H and O–H groups in total. The molecule has 7 nitrogen and oxygen atoms in total. The van der Waals surface area contributed by atoms with E-state index in [2.05, 4.69) is 10.3 Å². The normalized spacial score (nSPS) is 20.0. The van der Waals surface area contributed by atoms with E-state index in [0.29, 0.717) is 30.4 Å². The number of anilines is 1. The van der Waals surface area contributed by atoms with Crippen molar-refractivity contribution in [2.45, 2.75) is 18.6 Å². The maximum Gasteiger partial charge on any atom is 0.405 e. The van der Waals surface area contributed by atoms with Gasteiger partial charge < -0.3 is 25.3 Å². The highest BCUT2D eigenvalue weighted by atomic mass is 19.4. The molecule has 10 heteroatoms. The molecule has 0 spiro atoms. The molecule has 3 rings (SSSR count). The maximum atomic E-state index is 13.4. The van der Waals surface area contributed by atoms with Crippen LogP contribution in [0.1, 0.15) is 6.42 Å². The van der Waals surface area contributed by atoms with E-state index in [1.54, 1.807) is 18.2 Å². The number of aliphatic imine (C=N–C) groups is 1. The number of benzene rings is 1. The van der Waals surface area contributed by atoms with Gasteiger partial charge in [-0.05, 0) is 12.1 Å². The van der Waals surface area contributed by atoms with Crippen molar-refractivity contribution < 1.29 is 27.4 Å². The first kappa shape index (κ1) is 19.6. The minimum absolute atomic E-state index is 0.0907. The average Bonchev–Trinajstić information content (AvgIpc) is 2.86. The summed E-state index contributed by atoms with van der Waals surface area (Å²) in [6.45, 7) is 1.62. The smallest absolute Gasteiger partial charge is 0.405 e. The minimum atomic E-state index is -4.39. The van der Waals surface area contributed by atoms with Crippen molar-refractivity contribution in [2.75, 3.05) is 51.4 Å². The summed E-state index contributed by atoms with van der Waals surface area (Å²) in [5.41, 5.74) is 6.36. The number of nitrogens with two attached hydrogens (primary N) is 1. The van der Waals surface area contributed by atoms with Crippen molar-refractivity contribution >= 4 is 11.6 Å². The number of ether oxygens (including phenoxy) is 3. The van der Waals surface area contributed by atoms with E-state index in [1.807, 2.05) is 0 Å². The molecule has 150 valence electrons. The van der Waals surface area contributed by atoms with Gasteiger partial charge in [-0.25, -0.2) is 0 Å². The van der Waals surface area contributed by atoms with Crippen molar-refractivity contribution in [1.82, 2.24) is 4.90 Å². The van der Waals surface area contributed by atoms with Crippen LogP contribution in [0.2, 0.25) is 0 Å². The Hall–Kier alpha value is -2.20. The molecule has 0 bridgehead atoms. The van der Waals surface area contributed by atoms with Crippen molar-refractivity contribution in [1.29, 1.82) is 0 Å². The van der Waals surface area contributed by atoms with E-state index in [1.165, 1.54) is 4.90 Å². The highest BCUT2D eigenvalue weighted by Gasteiger charge is 2.43. The molecule has 2 heterocycles. The van der Waals surface area contributed by atoms with Crippen LogP contribution in [0.4, 0.5) is 18.9 Å². The molecule has 27 heavy (non-hydrogen) atoms. The molecule has 1 aromatic carbocycles. The third kappa shape index (κ3) is 5.39. The number of morpholine rings is 1. The summed E-state index contributed by atoms with van der Waals surface area (Å²) < 4.78 is 56.3. The SMILES string of the molecule is NC(=NCC(N1CCOCC1)C(F)(F)F)Nc1ccc2c(c1)OCCCO2. The zero-order valence-corrected chi connectivity index (χ0v) is 14.8. The van der Waals surface area contributed by atoms with Gasteiger partial charge in [0.1, 0.15) is 6.04 Å². The number of nitrogens with one attached hydrogen (secondary N) is 1. The molecule has 0 saturated carbocycles. The zero-order valence-electron chi connectivity index (χ0n) is 14.8. The number of halogens is 3. The summed E-state index contributed by atoms with van der Waals surface area (Å²) >= 11 is 0. The van der Waals surface area contributed by atoms with Crippen LogP contribution in [-0.4, -0.2) is 69.1 Å². The number of fused-ring (bicyclic) bond motifs is 1. The summed E-state index contributed by atoms with van der Waals surface area (Å²) in [6.07, 6.45) is -3.61. The third-order valence-electron chi connectivity index (χ3n) is 4.32. The number of hydrogen-bond acceptors (Lipinski definition) is 5. The van der Waals surface area contributed by atoms with Gasteiger partial charge in [-0.3, -0.25) is 9.89 Å². The Kier molecular flexibility index (Phi) is 6.27. The van der Waals surface area contributed by atoms with Crippen LogP contribution < -0.4 is 20.5 Å². The van der Waals surface area contributed by atoms with E-state index in [-0.39, 0.29) is 32.3 Å². The summed E-state index contributed by atoms with van der Waals surface area (Å²) in [6, 6.07) is 3.43. The fourth-order valence-corrected chi connectivity index (χ4v) is 2.93. The van der Waals surface area contributed by atoms with Gasteiger partial charge in [0.15, 0.2) is 17.5 Å². The Morgan fingerprint density at radius 1 is 1.15 bits per heavy atom. The first-order valence-electron chi connectivity index (χ1n) is 8.78. The van der Waals surface area contributed by atoms with Crippen molar-refractivity contribution in [3.8, 4) is 11.5 Å². The van der Waals surface area contributed by atoms with Crippen LogP contribution in [0.3, 0.4) is 0 Å². The molecule has 0 aromatic heterocycles. The first-order chi connectivity index (χ1) is 12.9. The lowest BCUT2D eigenvalue weighted by molar-refractivity contribution is -0.188. The van der Waals surface area contributed by atoms with Crippen LogP contribution >= 0.6 is 0 Å². The lowest BCUT2D eigenvalue weighted by Crippen LogP contribution is -2.52. The summed E-state index contributed by atoms with van der Waals surface area (Å²) in [5, 5.41) is 2.80. The standard InChI is InChI=1S/C17H23F3N4O3/c18-17(19,20)15(24-4-8-25-9-5-24)11-22-16(21)23-12-2-3-13-14(10-12)27-7-1-6-26-13/h2-3,10,15H,1,4-9,11H2,(H3,21,22,23). The van der Waals surface area contributed by atoms with Crippen LogP contribution in [0.15, 0.2) is 23.2 Å².